The van der Waals surface area contributed by atoms with Gasteiger partial charge >= 0.3 is 24.3 Å². The standard InChI is InChI=1S/C19H17F6NO2.C12H15F2NO2.C8H4F4O/c20-14-8-6-13(7-9-14)16(19(23,24)25)26-15(17(27)28)11-18(21,22)10-12-4-2-1-3-5-12;1-17-11(16)10(15)8-12(13,14)7-9-5-3-2-4-6-9;9-6-3-1-5(2-4-6)7(13)8(10,11)12/h1-9,15-16,26H,10-11H2,(H,27,28);2-6,10H,7-8,15H2,1H3;1-4H/t15-,16-;10-;/m00./s1. The molecule has 0 unspecified atom stereocenters. The van der Waals surface area contributed by atoms with Crippen LogP contribution < -0.4 is 11.1 Å². The lowest BCUT2D eigenvalue weighted by atomic mass is 9.98. The molecule has 316 valence electrons. The van der Waals surface area contributed by atoms with Crippen LogP contribution in [-0.4, -0.2) is 66.2 Å². The number of benzene rings is 4. The van der Waals surface area contributed by atoms with Gasteiger partial charge in [0.1, 0.15) is 29.8 Å². The van der Waals surface area contributed by atoms with Gasteiger partial charge in [-0.2, -0.15) is 26.3 Å². The van der Waals surface area contributed by atoms with Crippen molar-refractivity contribution in [1.82, 2.24) is 5.32 Å². The number of ketones is 1. The zero-order valence-electron chi connectivity index (χ0n) is 30.1. The zero-order valence-corrected chi connectivity index (χ0v) is 30.1. The van der Waals surface area contributed by atoms with E-state index in [0.29, 0.717) is 5.56 Å². The Morgan fingerprint density at radius 2 is 1.07 bits per heavy atom. The number of rotatable bonds is 14. The van der Waals surface area contributed by atoms with Crippen LogP contribution in [0.2, 0.25) is 0 Å². The number of carbonyl (C=O) groups is 3. The van der Waals surface area contributed by atoms with E-state index in [1.54, 1.807) is 41.7 Å². The third-order valence-corrected chi connectivity index (χ3v) is 7.70. The fourth-order valence-corrected chi connectivity index (χ4v) is 5.01. The van der Waals surface area contributed by atoms with Gasteiger partial charge in [0.05, 0.1) is 7.11 Å². The van der Waals surface area contributed by atoms with Crippen LogP contribution in [0.4, 0.5) is 52.7 Å². The van der Waals surface area contributed by atoms with Crippen LogP contribution >= 0.6 is 0 Å². The van der Waals surface area contributed by atoms with Crippen molar-refractivity contribution in [2.45, 2.75) is 68.0 Å². The van der Waals surface area contributed by atoms with Crippen molar-refractivity contribution in [3.05, 3.63) is 143 Å². The minimum absolute atomic E-state index is 0.225. The molecule has 0 fully saturated rings. The first-order valence-electron chi connectivity index (χ1n) is 16.7. The molecule has 58 heavy (non-hydrogen) atoms. The first-order chi connectivity index (χ1) is 26.8. The highest BCUT2D eigenvalue weighted by Crippen LogP contribution is 2.35. The molecule has 0 amide bonds. The van der Waals surface area contributed by atoms with Crippen molar-refractivity contribution in [3.63, 3.8) is 0 Å². The molecule has 0 aliphatic heterocycles. The lowest BCUT2D eigenvalue weighted by Gasteiger charge is -2.28. The maximum absolute atomic E-state index is 14.3. The van der Waals surface area contributed by atoms with Gasteiger partial charge in [-0.25, -0.2) is 26.3 Å². The average molecular weight is 841 g/mol. The number of aliphatic carboxylic acids is 1. The smallest absolute Gasteiger partial charge is 0.454 e. The van der Waals surface area contributed by atoms with Crippen molar-refractivity contribution in [2.24, 2.45) is 5.73 Å². The topological polar surface area (TPSA) is 119 Å². The van der Waals surface area contributed by atoms with E-state index in [-0.39, 0.29) is 5.56 Å². The Kier molecular flexibility index (Phi) is 17.9. The summed E-state index contributed by atoms with van der Waals surface area (Å²) in [6.07, 6.45) is -13.2. The SMILES string of the molecule is COC(=O)[C@@H](N)CC(F)(F)Cc1ccccc1.O=C(O)[C@H](CC(F)(F)Cc1ccccc1)N[C@@H](c1ccc(F)cc1)C(F)(F)F.O=C(c1ccc(F)cc1)C(F)(F)F. The molecule has 0 aromatic heterocycles. The van der Waals surface area contributed by atoms with Gasteiger partial charge in [0, 0.05) is 31.2 Å². The second kappa shape index (κ2) is 21.4. The fraction of sp³-hybridized carbons (Fsp3) is 0.308. The highest BCUT2D eigenvalue weighted by atomic mass is 19.4. The number of carbonyl (C=O) groups excluding carboxylic acids is 2. The molecule has 0 aliphatic rings. The van der Waals surface area contributed by atoms with Crippen LogP contribution in [0.15, 0.2) is 109 Å². The summed E-state index contributed by atoms with van der Waals surface area (Å²) < 4.78 is 161. The van der Waals surface area contributed by atoms with Gasteiger partial charge in [0.25, 0.3) is 17.6 Å². The number of ether oxygens (including phenoxy) is 1. The Balaban J connectivity index is 0.000000328. The Hall–Kier alpha value is -5.43. The van der Waals surface area contributed by atoms with Crippen molar-refractivity contribution in [1.29, 1.82) is 0 Å². The van der Waals surface area contributed by atoms with E-state index < -0.39 is 108 Å². The lowest BCUT2D eigenvalue weighted by Crippen LogP contribution is -2.47. The highest BCUT2D eigenvalue weighted by Gasteiger charge is 2.45. The van der Waals surface area contributed by atoms with Gasteiger partial charge < -0.3 is 15.6 Å². The maximum Gasteiger partial charge on any atom is 0.454 e. The molecule has 4 aromatic carbocycles. The predicted molar refractivity (Wildman–Crippen MR) is 186 cm³/mol. The molecule has 4 N–H and O–H groups in total. The summed E-state index contributed by atoms with van der Waals surface area (Å²) in [4.78, 5) is 32.8. The summed E-state index contributed by atoms with van der Waals surface area (Å²) in [5.41, 5.74) is 5.01. The Bertz CT molecular complexity index is 1880. The van der Waals surface area contributed by atoms with Crippen molar-refractivity contribution >= 4 is 17.7 Å². The molecule has 0 saturated heterocycles. The van der Waals surface area contributed by atoms with Crippen molar-refractivity contribution in [2.75, 3.05) is 7.11 Å². The van der Waals surface area contributed by atoms with Crippen LogP contribution in [-0.2, 0) is 27.2 Å². The number of esters is 1. The number of carboxylic acid groups (broad SMARTS) is 1. The molecule has 0 bridgehead atoms. The first kappa shape index (κ1) is 48.7. The Labute approximate surface area is 323 Å². The molecule has 4 rings (SSSR count). The minimum atomic E-state index is -4.97. The molecule has 7 nitrogen and oxygen atoms in total. The number of alkyl halides is 10. The number of halogens is 12. The minimum Gasteiger partial charge on any atom is -0.480 e. The maximum atomic E-state index is 14.3. The van der Waals surface area contributed by atoms with E-state index in [0.717, 1.165) is 55.6 Å². The Morgan fingerprint density at radius 3 is 1.45 bits per heavy atom. The number of carboxylic acids is 1. The van der Waals surface area contributed by atoms with E-state index in [9.17, 15) is 72.2 Å². The number of hydrogen-bond acceptors (Lipinski definition) is 6. The van der Waals surface area contributed by atoms with E-state index in [1.165, 1.54) is 24.3 Å². The summed E-state index contributed by atoms with van der Waals surface area (Å²) in [6, 6.07) is 16.2. The van der Waals surface area contributed by atoms with Crippen LogP contribution in [0, 0.1) is 11.6 Å². The first-order valence-corrected chi connectivity index (χ1v) is 16.7. The molecule has 0 radical (unpaired) electrons. The zero-order chi connectivity index (χ0) is 43.9. The van der Waals surface area contributed by atoms with Crippen LogP contribution in [0.5, 0.6) is 0 Å². The summed E-state index contributed by atoms with van der Waals surface area (Å²) in [5, 5.41) is 10.9. The van der Waals surface area contributed by atoms with Gasteiger partial charge in [0.2, 0.25) is 0 Å². The van der Waals surface area contributed by atoms with E-state index in [2.05, 4.69) is 4.74 Å². The van der Waals surface area contributed by atoms with Gasteiger partial charge in [0.15, 0.2) is 0 Å². The second-order valence-corrected chi connectivity index (χ2v) is 12.5. The van der Waals surface area contributed by atoms with Gasteiger partial charge in [-0.3, -0.25) is 19.7 Å². The number of Topliss-reactive ketones (excluding diaryl/α,β-unsaturated/α-hetero) is 1. The summed E-state index contributed by atoms with van der Waals surface area (Å²) in [6.45, 7) is 0. The monoisotopic (exact) mass is 840 g/mol. The fourth-order valence-electron chi connectivity index (χ4n) is 5.01. The summed E-state index contributed by atoms with van der Waals surface area (Å²) >= 11 is 0. The van der Waals surface area contributed by atoms with Crippen LogP contribution in [0.3, 0.4) is 0 Å². The van der Waals surface area contributed by atoms with Crippen LogP contribution in [0.1, 0.15) is 45.9 Å². The molecule has 3 atom stereocenters. The quantitative estimate of drug-likeness (QED) is 0.0659. The number of methoxy groups -OCH3 is 1. The third-order valence-electron chi connectivity index (χ3n) is 7.70. The molecule has 0 heterocycles. The largest absolute Gasteiger partial charge is 0.480 e. The van der Waals surface area contributed by atoms with Gasteiger partial charge in [-0.05, 0) is 53.1 Å². The Morgan fingerprint density at radius 1 is 0.655 bits per heavy atom. The summed E-state index contributed by atoms with van der Waals surface area (Å²) in [7, 11) is 1.12. The molecule has 0 aliphatic carbocycles. The van der Waals surface area contributed by atoms with E-state index >= 15 is 0 Å². The second-order valence-electron chi connectivity index (χ2n) is 12.5. The summed E-state index contributed by atoms with van der Waals surface area (Å²) in [5.74, 6) is -12.7. The average Bonchev–Trinajstić information content (AvgIpc) is 3.13. The van der Waals surface area contributed by atoms with Gasteiger partial charge in [-0.15, -0.1) is 0 Å². The number of nitrogens with one attached hydrogen (secondary N) is 1. The van der Waals surface area contributed by atoms with Crippen molar-refractivity contribution in [3.8, 4) is 0 Å². The third kappa shape index (κ3) is 17.4. The van der Waals surface area contributed by atoms with Crippen molar-refractivity contribution < 1.29 is 76.9 Å². The molecule has 4 aromatic rings. The van der Waals surface area contributed by atoms with Gasteiger partial charge in [-0.1, -0.05) is 72.8 Å². The predicted octanol–water partition coefficient (Wildman–Crippen LogP) is 9.07. The normalized spacial score (nSPS) is 13.4. The lowest BCUT2D eigenvalue weighted by molar-refractivity contribution is -0.166. The van der Waals surface area contributed by atoms with E-state index in [1.807, 2.05) is 0 Å². The molecular weight excluding hydrogens is 804 g/mol. The molecule has 0 saturated carbocycles. The highest BCUT2D eigenvalue weighted by molar-refractivity contribution is 6.00. The molecule has 0 spiro atoms. The molecular formula is C39H36F12N2O5. The van der Waals surface area contributed by atoms with Crippen LogP contribution in [0.25, 0.3) is 0 Å². The molecule has 19 heteroatoms. The van der Waals surface area contributed by atoms with E-state index in [4.69, 9.17) is 5.73 Å². The number of hydrogen-bond donors (Lipinski definition) is 3. The number of nitrogens with two attached hydrogens (primary N) is 1.